The molecule has 0 amide bonds. The Labute approximate surface area is 194 Å². The molecule has 0 bridgehead atoms. The first-order chi connectivity index (χ1) is 15.9. The molecular weight excluding hydrogens is 418 g/mol. The molecule has 33 heavy (non-hydrogen) atoms. The van der Waals surface area contributed by atoms with E-state index in [0.29, 0.717) is 24.2 Å². The lowest BCUT2D eigenvalue weighted by Crippen LogP contribution is -2.53. The van der Waals surface area contributed by atoms with E-state index in [1.807, 2.05) is 23.6 Å². The second-order valence-corrected chi connectivity index (χ2v) is 8.71. The third-order valence-corrected chi connectivity index (χ3v) is 5.84. The van der Waals surface area contributed by atoms with Gasteiger partial charge in [0.2, 0.25) is 5.76 Å². The molecule has 0 radical (unpaired) electrons. The summed E-state index contributed by atoms with van der Waals surface area (Å²) >= 11 is 0. The summed E-state index contributed by atoms with van der Waals surface area (Å²) in [4.78, 5) is 8.88. The number of benzene rings is 1. The van der Waals surface area contributed by atoms with Crippen LogP contribution in [0.3, 0.4) is 0 Å². The van der Waals surface area contributed by atoms with Crippen LogP contribution in [0.25, 0.3) is 0 Å². The zero-order valence-corrected chi connectivity index (χ0v) is 19.3. The summed E-state index contributed by atoms with van der Waals surface area (Å²) in [5.74, 6) is 7.25. The van der Waals surface area contributed by atoms with Crippen molar-refractivity contribution in [1.82, 2.24) is 19.6 Å². The average molecular weight is 450 g/mol. The van der Waals surface area contributed by atoms with E-state index in [9.17, 15) is 10.2 Å². The van der Waals surface area contributed by atoms with Crippen LogP contribution in [-0.4, -0.2) is 68.1 Å². The minimum absolute atomic E-state index is 0.301. The monoisotopic (exact) mass is 449 g/mol. The number of aliphatic hydroxyl groups excluding tert-OH is 2. The number of aromatic nitrogens is 3. The maximum absolute atomic E-state index is 9.78. The number of rotatable bonds is 6. The highest BCUT2D eigenvalue weighted by atomic mass is 16.5. The topological polar surface area (TPSA) is 90.8 Å². The molecule has 3 heterocycles. The molecule has 2 N–H and O–H groups in total. The summed E-state index contributed by atoms with van der Waals surface area (Å²) < 4.78 is 7.19. The molecule has 0 saturated carbocycles. The summed E-state index contributed by atoms with van der Waals surface area (Å²) in [6, 6.07) is 10.4. The minimum atomic E-state index is -0.648. The van der Waals surface area contributed by atoms with Crippen LogP contribution in [0.15, 0.2) is 47.2 Å². The van der Waals surface area contributed by atoms with Gasteiger partial charge in [0.05, 0.1) is 12.6 Å². The van der Waals surface area contributed by atoms with Crippen molar-refractivity contribution in [2.45, 2.75) is 45.6 Å². The molecular formula is C25H31N5O3. The van der Waals surface area contributed by atoms with Gasteiger partial charge in [0, 0.05) is 61.9 Å². The summed E-state index contributed by atoms with van der Waals surface area (Å²) in [7, 11) is 0. The molecule has 2 unspecified atom stereocenters. The van der Waals surface area contributed by atoms with Gasteiger partial charge < -0.3 is 24.2 Å². The Bertz CT molecular complexity index is 1110. The number of nitrogens with zero attached hydrogens (tertiary/aromatic N) is 5. The number of piperazine rings is 1. The second kappa shape index (κ2) is 10.2. The SMILES string of the molecule is CC(O)CN1CCN(c2ccc(C#Cc3cc(Cn4ccnc4[C@H](C)O)no3)cc2)CC1C. The Kier molecular flexibility index (Phi) is 7.14. The fraction of sp³-hybridized carbons (Fsp3) is 0.440. The predicted octanol–water partition coefficient (Wildman–Crippen LogP) is 2.26. The van der Waals surface area contributed by atoms with Gasteiger partial charge in [0.25, 0.3) is 0 Å². The van der Waals surface area contributed by atoms with Gasteiger partial charge in [0.1, 0.15) is 17.6 Å². The highest BCUT2D eigenvalue weighted by molar-refractivity contribution is 5.51. The van der Waals surface area contributed by atoms with Crippen molar-refractivity contribution < 1.29 is 14.7 Å². The highest BCUT2D eigenvalue weighted by Crippen LogP contribution is 2.20. The van der Waals surface area contributed by atoms with E-state index in [2.05, 4.69) is 50.8 Å². The van der Waals surface area contributed by atoms with Gasteiger partial charge in [-0.25, -0.2) is 4.98 Å². The van der Waals surface area contributed by atoms with Gasteiger partial charge in [-0.1, -0.05) is 11.1 Å². The van der Waals surface area contributed by atoms with Gasteiger partial charge in [0.15, 0.2) is 0 Å². The van der Waals surface area contributed by atoms with Crippen molar-refractivity contribution in [1.29, 1.82) is 0 Å². The maximum Gasteiger partial charge on any atom is 0.210 e. The molecule has 1 aliphatic rings. The van der Waals surface area contributed by atoms with Gasteiger partial charge >= 0.3 is 0 Å². The van der Waals surface area contributed by atoms with Crippen LogP contribution in [0.5, 0.6) is 0 Å². The van der Waals surface area contributed by atoms with E-state index in [1.165, 1.54) is 5.69 Å². The zero-order chi connectivity index (χ0) is 23.4. The molecule has 3 atom stereocenters. The Hall–Kier alpha value is -3.12. The first kappa shape index (κ1) is 23.1. The third kappa shape index (κ3) is 5.82. The molecule has 0 aliphatic carbocycles. The van der Waals surface area contributed by atoms with Crippen LogP contribution in [0.2, 0.25) is 0 Å². The van der Waals surface area contributed by atoms with Gasteiger partial charge in [-0.2, -0.15) is 0 Å². The lowest BCUT2D eigenvalue weighted by atomic mass is 10.1. The Morgan fingerprint density at radius 1 is 1.15 bits per heavy atom. The van der Waals surface area contributed by atoms with E-state index in [4.69, 9.17) is 4.52 Å². The molecule has 1 aliphatic heterocycles. The summed E-state index contributed by atoms with van der Waals surface area (Å²) in [5.41, 5.74) is 2.81. The number of anilines is 1. The van der Waals surface area contributed by atoms with E-state index >= 15 is 0 Å². The predicted molar refractivity (Wildman–Crippen MR) is 126 cm³/mol. The largest absolute Gasteiger partial charge is 0.392 e. The normalized spacial score (nSPS) is 18.6. The maximum atomic E-state index is 9.78. The van der Waals surface area contributed by atoms with Crippen LogP contribution in [0, 0.1) is 11.8 Å². The summed E-state index contributed by atoms with van der Waals surface area (Å²) in [6.45, 7) is 9.73. The van der Waals surface area contributed by atoms with Crippen LogP contribution in [-0.2, 0) is 6.54 Å². The number of hydrogen-bond acceptors (Lipinski definition) is 7. The van der Waals surface area contributed by atoms with Gasteiger partial charge in [-0.15, -0.1) is 0 Å². The average Bonchev–Trinajstić information content (AvgIpc) is 3.44. The van der Waals surface area contributed by atoms with E-state index in [1.54, 1.807) is 25.4 Å². The first-order valence-corrected chi connectivity index (χ1v) is 11.3. The van der Waals surface area contributed by atoms with Crippen LogP contribution >= 0.6 is 0 Å². The Morgan fingerprint density at radius 2 is 1.94 bits per heavy atom. The minimum Gasteiger partial charge on any atom is -0.392 e. The van der Waals surface area contributed by atoms with Crippen molar-refractivity contribution in [3.05, 3.63) is 65.6 Å². The highest BCUT2D eigenvalue weighted by Gasteiger charge is 2.24. The van der Waals surface area contributed by atoms with Crippen LogP contribution < -0.4 is 4.90 Å². The summed E-state index contributed by atoms with van der Waals surface area (Å²) in [5, 5.41) is 23.5. The quantitative estimate of drug-likeness (QED) is 0.558. The van der Waals surface area contributed by atoms with Crippen molar-refractivity contribution in [3.63, 3.8) is 0 Å². The molecule has 8 heteroatoms. The number of imidazole rings is 1. The molecule has 3 aromatic rings. The fourth-order valence-electron chi connectivity index (χ4n) is 4.17. The molecule has 1 fully saturated rings. The van der Waals surface area contributed by atoms with Crippen molar-refractivity contribution in [2.75, 3.05) is 31.1 Å². The number of aliphatic hydroxyl groups is 2. The molecule has 4 rings (SSSR count). The molecule has 1 aromatic carbocycles. The Morgan fingerprint density at radius 3 is 2.64 bits per heavy atom. The Balaban J connectivity index is 1.36. The van der Waals surface area contributed by atoms with Gasteiger partial charge in [-0.3, -0.25) is 4.90 Å². The lowest BCUT2D eigenvalue weighted by Gasteiger charge is -2.41. The van der Waals surface area contributed by atoms with Crippen LogP contribution in [0.4, 0.5) is 5.69 Å². The standard InChI is InChI=1S/C25H31N5O3/c1-18-15-29(13-12-28(18)16-19(2)31)23-7-4-21(5-8-23)6-9-24-14-22(27-33-24)17-30-11-10-26-25(30)20(3)32/h4-5,7-8,10-11,14,18-20,31-32H,12-13,15-17H2,1-3H3/t18?,19?,20-/m0/s1. The smallest absolute Gasteiger partial charge is 0.210 e. The first-order valence-electron chi connectivity index (χ1n) is 11.3. The number of β-amino-alcohol motifs (C(OH)–C–C–N with tert-alkyl or cyclic N) is 1. The zero-order valence-electron chi connectivity index (χ0n) is 19.3. The molecule has 0 spiro atoms. The fourth-order valence-corrected chi connectivity index (χ4v) is 4.17. The van der Waals surface area contributed by atoms with Crippen molar-refractivity contribution in [2.24, 2.45) is 0 Å². The molecule has 2 aromatic heterocycles. The lowest BCUT2D eigenvalue weighted by molar-refractivity contribution is 0.0960. The van der Waals surface area contributed by atoms with Crippen LogP contribution in [0.1, 0.15) is 49.7 Å². The second-order valence-electron chi connectivity index (χ2n) is 8.71. The third-order valence-electron chi connectivity index (χ3n) is 5.84. The van der Waals surface area contributed by atoms with E-state index in [-0.39, 0.29) is 6.10 Å². The van der Waals surface area contributed by atoms with E-state index < -0.39 is 6.10 Å². The van der Waals surface area contributed by atoms with E-state index in [0.717, 1.165) is 37.4 Å². The van der Waals surface area contributed by atoms with Crippen molar-refractivity contribution >= 4 is 5.69 Å². The van der Waals surface area contributed by atoms with Gasteiger partial charge in [-0.05, 0) is 51.0 Å². The van der Waals surface area contributed by atoms with Crippen molar-refractivity contribution in [3.8, 4) is 11.8 Å². The number of hydrogen-bond donors (Lipinski definition) is 2. The molecule has 8 nitrogen and oxygen atoms in total. The molecule has 1 saturated heterocycles. The molecule has 174 valence electrons. The summed E-state index contributed by atoms with van der Waals surface area (Å²) in [6.07, 6.45) is 2.51.